The summed E-state index contributed by atoms with van der Waals surface area (Å²) in [6.07, 6.45) is 5.16. The molecule has 1 aromatic heterocycles. The van der Waals surface area contributed by atoms with E-state index in [-0.39, 0.29) is 6.04 Å². The van der Waals surface area contributed by atoms with Crippen LogP contribution in [0.5, 0.6) is 0 Å². The van der Waals surface area contributed by atoms with E-state index in [1.807, 2.05) is 10.9 Å². The summed E-state index contributed by atoms with van der Waals surface area (Å²) >= 11 is 0. The largest absolute Gasteiger partial charge is 0.383 e. The van der Waals surface area contributed by atoms with Crippen LogP contribution in [0.25, 0.3) is 0 Å². The highest BCUT2D eigenvalue weighted by Crippen LogP contribution is 2.23. The molecular weight excluding hydrogens is 252 g/mol. The average Bonchev–Trinajstić information content (AvgIpc) is 2.92. The Morgan fingerprint density at radius 1 is 1.40 bits per heavy atom. The lowest BCUT2D eigenvalue weighted by Gasteiger charge is -2.35. The number of nitrogens with zero attached hydrogens (tertiary/aromatic N) is 3. The Morgan fingerprint density at radius 3 is 2.55 bits per heavy atom. The molecule has 0 radical (unpaired) electrons. The van der Waals surface area contributed by atoms with Crippen LogP contribution < -0.4 is 5.73 Å². The number of methoxy groups -OCH3 is 1. The van der Waals surface area contributed by atoms with E-state index in [0.717, 1.165) is 19.6 Å². The van der Waals surface area contributed by atoms with Crippen LogP contribution >= 0.6 is 0 Å². The molecule has 0 amide bonds. The molecule has 0 fully saturated rings. The quantitative estimate of drug-likeness (QED) is 0.754. The minimum atomic E-state index is 0.201. The maximum Gasteiger partial charge on any atom is 0.0590 e. The van der Waals surface area contributed by atoms with E-state index in [9.17, 15) is 0 Å². The first-order valence-corrected chi connectivity index (χ1v) is 7.53. The summed E-state index contributed by atoms with van der Waals surface area (Å²) in [6, 6.07) is 1.05. The van der Waals surface area contributed by atoms with Gasteiger partial charge in [-0.3, -0.25) is 9.58 Å². The third kappa shape index (κ3) is 4.30. The lowest BCUT2D eigenvalue weighted by molar-refractivity contribution is 0.0902. The average molecular weight is 282 g/mol. The van der Waals surface area contributed by atoms with Crippen molar-refractivity contribution in [1.29, 1.82) is 0 Å². The van der Waals surface area contributed by atoms with Crippen LogP contribution in [0.4, 0.5) is 0 Å². The summed E-state index contributed by atoms with van der Waals surface area (Å²) in [5.74, 6) is 0. The van der Waals surface area contributed by atoms with Crippen molar-refractivity contribution in [2.75, 3.05) is 26.8 Å². The first-order chi connectivity index (χ1) is 9.54. The van der Waals surface area contributed by atoms with E-state index in [1.54, 1.807) is 7.11 Å². The normalized spacial score (nSPS) is 15.0. The molecule has 5 nitrogen and oxygen atoms in total. The summed E-state index contributed by atoms with van der Waals surface area (Å²) in [7, 11) is 1.74. The van der Waals surface area contributed by atoms with Gasteiger partial charge in [0.1, 0.15) is 0 Å². The van der Waals surface area contributed by atoms with Crippen LogP contribution in [-0.4, -0.2) is 47.5 Å². The third-order valence-electron chi connectivity index (χ3n) is 3.87. The first kappa shape index (κ1) is 17.1. The molecule has 1 aromatic rings. The number of ether oxygens (including phenoxy) is 1. The lowest BCUT2D eigenvalue weighted by atomic mass is 10.1. The lowest BCUT2D eigenvalue weighted by Crippen LogP contribution is -2.41. The Balaban J connectivity index is 2.92. The van der Waals surface area contributed by atoms with Crippen molar-refractivity contribution in [3.8, 4) is 0 Å². The SMILES string of the molecule is CCC(C)N(CCOC)C(CN)c1cnn(C(C)C)c1. The van der Waals surface area contributed by atoms with Crippen molar-refractivity contribution >= 4 is 0 Å². The van der Waals surface area contributed by atoms with Crippen molar-refractivity contribution in [3.63, 3.8) is 0 Å². The molecule has 0 aliphatic rings. The Labute approximate surface area is 123 Å². The first-order valence-electron chi connectivity index (χ1n) is 7.53. The predicted octanol–water partition coefficient (Wildman–Crippen LogP) is 2.21. The molecule has 2 N–H and O–H groups in total. The Kier molecular flexibility index (Phi) is 7.19. The fourth-order valence-corrected chi connectivity index (χ4v) is 2.38. The number of aromatic nitrogens is 2. The van der Waals surface area contributed by atoms with E-state index >= 15 is 0 Å². The van der Waals surface area contributed by atoms with E-state index in [4.69, 9.17) is 10.5 Å². The highest BCUT2D eigenvalue weighted by atomic mass is 16.5. The monoisotopic (exact) mass is 282 g/mol. The molecule has 0 spiro atoms. The van der Waals surface area contributed by atoms with Crippen molar-refractivity contribution in [3.05, 3.63) is 18.0 Å². The summed E-state index contributed by atoms with van der Waals surface area (Å²) in [5, 5.41) is 4.44. The van der Waals surface area contributed by atoms with Crippen LogP contribution in [-0.2, 0) is 4.74 Å². The van der Waals surface area contributed by atoms with E-state index in [0.29, 0.717) is 18.6 Å². The maximum absolute atomic E-state index is 6.04. The van der Waals surface area contributed by atoms with Gasteiger partial charge in [0.15, 0.2) is 0 Å². The zero-order valence-corrected chi connectivity index (χ0v) is 13.5. The molecule has 2 atom stereocenters. The van der Waals surface area contributed by atoms with Gasteiger partial charge in [0.2, 0.25) is 0 Å². The molecule has 0 saturated carbocycles. The molecule has 2 unspecified atom stereocenters. The number of hydrogen-bond acceptors (Lipinski definition) is 4. The Morgan fingerprint density at radius 2 is 2.10 bits per heavy atom. The molecule has 0 saturated heterocycles. The van der Waals surface area contributed by atoms with Crippen LogP contribution in [0, 0.1) is 0 Å². The number of nitrogens with two attached hydrogens (primary N) is 1. The van der Waals surface area contributed by atoms with Gasteiger partial charge in [-0.15, -0.1) is 0 Å². The van der Waals surface area contributed by atoms with Crippen molar-refractivity contribution in [2.45, 2.75) is 52.2 Å². The van der Waals surface area contributed by atoms with Gasteiger partial charge in [0.05, 0.1) is 18.8 Å². The van der Waals surface area contributed by atoms with Crippen molar-refractivity contribution < 1.29 is 4.74 Å². The standard InChI is InChI=1S/C15H30N4O/c1-6-13(4)18(7-8-20-5)15(9-16)14-10-17-19(11-14)12(2)3/h10-13,15H,6-9,16H2,1-5H3. The Hall–Kier alpha value is -0.910. The van der Waals surface area contributed by atoms with E-state index < -0.39 is 0 Å². The molecule has 0 aliphatic carbocycles. The molecular formula is C15H30N4O. The fraction of sp³-hybridized carbons (Fsp3) is 0.800. The highest BCUT2D eigenvalue weighted by Gasteiger charge is 2.24. The second kappa shape index (κ2) is 8.39. The number of hydrogen-bond donors (Lipinski definition) is 1. The van der Waals surface area contributed by atoms with Gasteiger partial charge in [0.25, 0.3) is 0 Å². The van der Waals surface area contributed by atoms with Crippen LogP contribution in [0.2, 0.25) is 0 Å². The van der Waals surface area contributed by atoms with Gasteiger partial charge in [0, 0.05) is 44.0 Å². The Bertz CT molecular complexity index is 378. The van der Waals surface area contributed by atoms with Gasteiger partial charge in [-0.2, -0.15) is 5.10 Å². The smallest absolute Gasteiger partial charge is 0.0590 e. The predicted molar refractivity (Wildman–Crippen MR) is 82.7 cm³/mol. The zero-order chi connectivity index (χ0) is 15.1. The van der Waals surface area contributed by atoms with Gasteiger partial charge in [-0.25, -0.2) is 0 Å². The molecule has 116 valence electrons. The minimum Gasteiger partial charge on any atom is -0.383 e. The van der Waals surface area contributed by atoms with Crippen LogP contribution in [0.3, 0.4) is 0 Å². The summed E-state index contributed by atoms with van der Waals surface area (Å²) in [4.78, 5) is 2.42. The highest BCUT2D eigenvalue weighted by molar-refractivity contribution is 5.12. The molecule has 1 heterocycles. The molecule has 5 heteroatoms. The van der Waals surface area contributed by atoms with E-state index in [2.05, 4.69) is 43.9 Å². The van der Waals surface area contributed by atoms with Crippen LogP contribution in [0.15, 0.2) is 12.4 Å². The maximum atomic E-state index is 6.04. The second-order valence-electron chi connectivity index (χ2n) is 5.59. The van der Waals surface area contributed by atoms with Gasteiger partial charge in [-0.05, 0) is 27.2 Å². The van der Waals surface area contributed by atoms with Gasteiger partial charge < -0.3 is 10.5 Å². The third-order valence-corrected chi connectivity index (χ3v) is 3.87. The molecule has 1 rings (SSSR count). The summed E-state index contributed by atoms with van der Waals surface area (Å²) in [5.41, 5.74) is 7.23. The summed E-state index contributed by atoms with van der Waals surface area (Å²) < 4.78 is 7.23. The molecule has 0 aliphatic heterocycles. The molecule has 0 aromatic carbocycles. The van der Waals surface area contributed by atoms with Gasteiger partial charge in [-0.1, -0.05) is 6.92 Å². The second-order valence-corrected chi connectivity index (χ2v) is 5.59. The minimum absolute atomic E-state index is 0.201. The van der Waals surface area contributed by atoms with Crippen LogP contribution in [0.1, 0.15) is 51.8 Å². The van der Waals surface area contributed by atoms with Crippen molar-refractivity contribution in [1.82, 2.24) is 14.7 Å². The zero-order valence-electron chi connectivity index (χ0n) is 13.5. The number of rotatable bonds is 9. The summed E-state index contributed by atoms with van der Waals surface area (Å²) in [6.45, 7) is 10.9. The van der Waals surface area contributed by atoms with E-state index in [1.165, 1.54) is 5.56 Å². The fourth-order valence-electron chi connectivity index (χ4n) is 2.38. The molecule has 0 bridgehead atoms. The molecule has 20 heavy (non-hydrogen) atoms. The topological polar surface area (TPSA) is 56.3 Å². The van der Waals surface area contributed by atoms with Gasteiger partial charge >= 0.3 is 0 Å². The van der Waals surface area contributed by atoms with Crippen molar-refractivity contribution in [2.24, 2.45) is 5.73 Å².